The highest BCUT2D eigenvalue weighted by atomic mass is 16.6. The highest BCUT2D eigenvalue weighted by Crippen LogP contribution is 2.27. The Morgan fingerprint density at radius 2 is 0.893 bits per heavy atom. The van der Waals surface area contributed by atoms with E-state index < -0.39 is 0 Å². The molecule has 0 spiro atoms. The summed E-state index contributed by atoms with van der Waals surface area (Å²) in [4.78, 5) is 0. The molecule has 1 aliphatic rings. The molecule has 0 aliphatic heterocycles. The van der Waals surface area contributed by atoms with E-state index in [0.29, 0.717) is 0 Å². The van der Waals surface area contributed by atoms with Crippen LogP contribution in [0.15, 0.2) is 0 Å². The van der Waals surface area contributed by atoms with E-state index >= 15 is 0 Å². The largest absolute Gasteiger partial charge is 0.385 e. The van der Waals surface area contributed by atoms with Crippen molar-refractivity contribution in [2.24, 2.45) is 0 Å². The van der Waals surface area contributed by atoms with Crippen LogP contribution >= 0.6 is 0 Å². The van der Waals surface area contributed by atoms with Gasteiger partial charge in [-0.15, -0.1) is 0 Å². The summed E-state index contributed by atoms with van der Waals surface area (Å²) in [5, 5.41) is 0. The molecule has 0 aromatic rings. The van der Waals surface area contributed by atoms with Gasteiger partial charge in [0.2, 0.25) is 0 Å². The zero-order valence-corrected chi connectivity index (χ0v) is 18.5. The molecule has 3 unspecified atom stereocenters. The van der Waals surface area contributed by atoms with Crippen molar-refractivity contribution >= 4 is 0 Å². The molecule has 168 valence electrons. The Balaban J connectivity index is 2.40. The summed E-state index contributed by atoms with van der Waals surface area (Å²) in [6.45, 7) is 4.71. The van der Waals surface area contributed by atoms with E-state index in [1.165, 1.54) is 0 Å². The Bertz CT molecular complexity index is 328. The van der Waals surface area contributed by atoms with Crippen LogP contribution in [0.4, 0.5) is 0 Å². The Labute approximate surface area is 172 Å². The third-order valence-corrected chi connectivity index (χ3v) is 5.16. The lowest BCUT2D eigenvalue weighted by Crippen LogP contribution is -2.46. The molecule has 0 heterocycles. The van der Waals surface area contributed by atoms with Gasteiger partial charge in [0.25, 0.3) is 0 Å². The smallest absolute Gasteiger partial charge is 0.110 e. The molecule has 0 bridgehead atoms. The first-order valence-corrected chi connectivity index (χ1v) is 11.1. The number of rotatable bonds is 19. The van der Waals surface area contributed by atoms with E-state index in [1.54, 1.807) is 21.3 Å². The van der Waals surface area contributed by atoms with Crippen molar-refractivity contribution in [1.29, 1.82) is 0 Å². The monoisotopic (exact) mass is 404 g/mol. The molecular weight excluding hydrogens is 360 g/mol. The van der Waals surface area contributed by atoms with E-state index in [1.807, 2.05) is 0 Å². The first-order valence-electron chi connectivity index (χ1n) is 11.1. The molecule has 0 amide bonds. The quantitative estimate of drug-likeness (QED) is 0.303. The lowest BCUT2D eigenvalue weighted by Gasteiger charge is -2.37. The molecular formula is C22H44O6. The van der Waals surface area contributed by atoms with Crippen LogP contribution in [0.3, 0.4) is 0 Å². The van der Waals surface area contributed by atoms with Crippen molar-refractivity contribution < 1.29 is 28.4 Å². The third kappa shape index (κ3) is 12.3. The van der Waals surface area contributed by atoms with E-state index in [2.05, 4.69) is 0 Å². The average molecular weight is 405 g/mol. The maximum Gasteiger partial charge on any atom is 0.110 e. The second-order valence-corrected chi connectivity index (χ2v) is 7.54. The highest BCUT2D eigenvalue weighted by molar-refractivity contribution is 4.85. The highest BCUT2D eigenvalue weighted by Gasteiger charge is 2.35. The molecule has 6 heteroatoms. The van der Waals surface area contributed by atoms with Crippen LogP contribution in [0.1, 0.15) is 64.2 Å². The molecule has 0 radical (unpaired) electrons. The molecule has 0 aromatic heterocycles. The summed E-state index contributed by atoms with van der Waals surface area (Å²) in [5.41, 5.74) is 0. The summed E-state index contributed by atoms with van der Waals surface area (Å²) >= 11 is 0. The van der Waals surface area contributed by atoms with Crippen LogP contribution < -0.4 is 0 Å². The molecule has 0 aromatic carbocycles. The van der Waals surface area contributed by atoms with Crippen LogP contribution in [0.2, 0.25) is 0 Å². The normalized spacial score (nSPS) is 22.6. The molecule has 28 heavy (non-hydrogen) atoms. The minimum Gasteiger partial charge on any atom is -0.385 e. The fourth-order valence-corrected chi connectivity index (χ4v) is 3.57. The third-order valence-electron chi connectivity index (χ3n) is 5.16. The van der Waals surface area contributed by atoms with Gasteiger partial charge < -0.3 is 28.4 Å². The number of hydrogen-bond acceptors (Lipinski definition) is 6. The van der Waals surface area contributed by atoms with E-state index in [9.17, 15) is 0 Å². The summed E-state index contributed by atoms with van der Waals surface area (Å²) in [7, 11) is 5.24. The lowest BCUT2D eigenvalue weighted by atomic mass is 9.91. The average Bonchev–Trinajstić information content (AvgIpc) is 2.71. The number of unbranched alkanes of at least 4 members (excludes halogenated alkanes) is 4. The van der Waals surface area contributed by atoms with Crippen molar-refractivity contribution in [3.05, 3.63) is 0 Å². The van der Waals surface area contributed by atoms with Crippen molar-refractivity contribution in [2.75, 3.05) is 61.0 Å². The maximum absolute atomic E-state index is 6.28. The second kappa shape index (κ2) is 18.8. The van der Waals surface area contributed by atoms with Crippen LogP contribution in [0.5, 0.6) is 0 Å². The van der Waals surface area contributed by atoms with Gasteiger partial charge in [0, 0.05) is 61.0 Å². The van der Waals surface area contributed by atoms with Crippen molar-refractivity contribution in [2.45, 2.75) is 82.5 Å². The molecule has 1 saturated carbocycles. The molecule has 0 saturated heterocycles. The van der Waals surface area contributed by atoms with E-state index in [4.69, 9.17) is 28.4 Å². The summed E-state index contributed by atoms with van der Waals surface area (Å²) < 4.78 is 34.1. The van der Waals surface area contributed by atoms with Crippen LogP contribution in [0.25, 0.3) is 0 Å². The van der Waals surface area contributed by atoms with Gasteiger partial charge in [-0.3, -0.25) is 0 Å². The molecule has 0 N–H and O–H groups in total. The predicted octanol–water partition coefficient (Wildman–Crippen LogP) is 4.00. The Morgan fingerprint density at radius 1 is 0.500 bits per heavy atom. The van der Waals surface area contributed by atoms with Crippen molar-refractivity contribution in [1.82, 2.24) is 0 Å². The van der Waals surface area contributed by atoms with Crippen molar-refractivity contribution in [3.8, 4) is 0 Å². The Morgan fingerprint density at radius 3 is 1.39 bits per heavy atom. The first-order chi connectivity index (χ1) is 13.8. The minimum absolute atomic E-state index is 0.0395. The van der Waals surface area contributed by atoms with Gasteiger partial charge >= 0.3 is 0 Å². The topological polar surface area (TPSA) is 55.4 Å². The zero-order valence-electron chi connectivity index (χ0n) is 18.5. The van der Waals surface area contributed by atoms with Gasteiger partial charge in [0.15, 0.2) is 0 Å². The van der Waals surface area contributed by atoms with Gasteiger partial charge in [0.05, 0.1) is 12.2 Å². The predicted molar refractivity (Wildman–Crippen MR) is 111 cm³/mol. The SMILES string of the molecule is COCCCCCOC1CCCC(OCCCCOC)C1OCCCCOC. The van der Waals surface area contributed by atoms with Crippen LogP contribution in [0, 0.1) is 0 Å². The Hall–Kier alpha value is -0.240. The molecule has 1 rings (SSSR count). The summed E-state index contributed by atoms with van der Waals surface area (Å²) in [5.74, 6) is 0. The van der Waals surface area contributed by atoms with Crippen molar-refractivity contribution in [3.63, 3.8) is 0 Å². The fraction of sp³-hybridized carbons (Fsp3) is 1.00. The van der Waals surface area contributed by atoms with Crippen LogP contribution in [-0.2, 0) is 28.4 Å². The number of methoxy groups -OCH3 is 3. The maximum atomic E-state index is 6.28. The van der Waals surface area contributed by atoms with Gasteiger partial charge in [0.1, 0.15) is 6.10 Å². The molecule has 3 atom stereocenters. The Kier molecular flexibility index (Phi) is 17.3. The van der Waals surface area contributed by atoms with Crippen LogP contribution in [-0.4, -0.2) is 79.3 Å². The van der Waals surface area contributed by atoms with Gasteiger partial charge in [-0.05, 0) is 64.2 Å². The zero-order chi connectivity index (χ0) is 20.3. The number of ether oxygens (including phenoxy) is 6. The summed E-state index contributed by atoms with van der Waals surface area (Å²) in [6, 6.07) is 0. The van der Waals surface area contributed by atoms with Gasteiger partial charge in [-0.2, -0.15) is 0 Å². The fourth-order valence-electron chi connectivity index (χ4n) is 3.57. The van der Waals surface area contributed by atoms with Gasteiger partial charge in [-0.25, -0.2) is 0 Å². The standard InChI is InChI=1S/C22H44O6/c1-23-14-5-4-6-17-26-20-12-11-13-21(27-18-9-7-15-24-2)22(20)28-19-10-8-16-25-3/h20-22H,4-19H2,1-3H3. The first kappa shape index (κ1) is 25.8. The van der Waals surface area contributed by atoms with Gasteiger partial charge in [-0.1, -0.05) is 0 Å². The molecule has 1 fully saturated rings. The van der Waals surface area contributed by atoms with E-state index in [-0.39, 0.29) is 18.3 Å². The lowest BCUT2D eigenvalue weighted by molar-refractivity contribution is -0.160. The van der Waals surface area contributed by atoms with E-state index in [0.717, 1.165) is 104 Å². The molecule has 1 aliphatic carbocycles. The second-order valence-electron chi connectivity index (χ2n) is 7.54. The molecule has 6 nitrogen and oxygen atoms in total. The summed E-state index contributed by atoms with van der Waals surface area (Å²) in [6.07, 6.45) is 11.0. The minimum atomic E-state index is 0.0395. The number of hydrogen-bond donors (Lipinski definition) is 0.